The number of nitrogen functional groups attached to an aromatic ring is 1. The lowest BCUT2D eigenvalue weighted by Gasteiger charge is -2.14. The number of carbonyl (C=O) groups is 2. The molecule has 0 fully saturated rings. The van der Waals surface area contributed by atoms with Crippen molar-refractivity contribution < 1.29 is 32.2 Å². The van der Waals surface area contributed by atoms with Gasteiger partial charge in [-0.15, -0.1) is 14.8 Å². The number of methoxy groups -OCH3 is 2. The van der Waals surface area contributed by atoms with Crippen LogP contribution in [0.3, 0.4) is 0 Å². The quantitative estimate of drug-likeness (QED) is 0.288. The maximum absolute atomic E-state index is 12.6. The summed E-state index contributed by atoms with van der Waals surface area (Å²) in [6, 6.07) is 9.22. The third kappa shape index (κ3) is 5.58. The third-order valence-electron chi connectivity index (χ3n) is 5.56. The van der Waals surface area contributed by atoms with Crippen LogP contribution in [0.1, 0.15) is 10.4 Å². The van der Waals surface area contributed by atoms with Gasteiger partial charge in [0.25, 0.3) is 5.91 Å². The van der Waals surface area contributed by atoms with Crippen molar-refractivity contribution in [1.82, 2.24) is 25.1 Å². The van der Waals surface area contributed by atoms with Crippen LogP contribution in [-0.4, -0.2) is 58.6 Å². The fourth-order valence-electron chi connectivity index (χ4n) is 3.85. The SMILES string of the molecule is C=CC(=O)Nc1ccc(-c2nn3ncnc(N)c3c2-c2ccc(C(=O)NCC(F)(F)F)c(OC)c2)c(OC)c1. The predicted molar refractivity (Wildman–Crippen MR) is 136 cm³/mol. The fourth-order valence-corrected chi connectivity index (χ4v) is 3.85. The monoisotopic (exact) mass is 541 g/mol. The van der Waals surface area contributed by atoms with Gasteiger partial charge in [0.05, 0.1) is 19.8 Å². The zero-order valence-corrected chi connectivity index (χ0v) is 20.7. The molecule has 2 aromatic heterocycles. The third-order valence-corrected chi connectivity index (χ3v) is 5.56. The Balaban J connectivity index is 1.87. The van der Waals surface area contributed by atoms with Crippen LogP contribution in [-0.2, 0) is 4.79 Å². The van der Waals surface area contributed by atoms with Gasteiger partial charge in [0.1, 0.15) is 35.6 Å². The summed E-state index contributed by atoms with van der Waals surface area (Å²) < 4.78 is 50.0. The molecule has 4 aromatic rings. The number of rotatable bonds is 8. The zero-order chi connectivity index (χ0) is 28.3. The van der Waals surface area contributed by atoms with Gasteiger partial charge in [0, 0.05) is 22.9 Å². The van der Waals surface area contributed by atoms with Crippen molar-refractivity contribution in [3.8, 4) is 33.9 Å². The highest BCUT2D eigenvalue weighted by Gasteiger charge is 2.29. The highest BCUT2D eigenvalue weighted by molar-refractivity contribution is 6.02. The van der Waals surface area contributed by atoms with Crippen LogP contribution in [0.25, 0.3) is 27.9 Å². The van der Waals surface area contributed by atoms with E-state index in [9.17, 15) is 22.8 Å². The van der Waals surface area contributed by atoms with E-state index in [-0.39, 0.29) is 17.1 Å². The molecule has 2 heterocycles. The fraction of sp³-hybridized carbons (Fsp3) is 0.160. The van der Waals surface area contributed by atoms with Gasteiger partial charge in [0.15, 0.2) is 5.82 Å². The molecule has 202 valence electrons. The molecule has 4 N–H and O–H groups in total. The highest BCUT2D eigenvalue weighted by Crippen LogP contribution is 2.42. The van der Waals surface area contributed by atoms with Crippen molar-refractivity contribution in [3.63, 3.8) is 0 Å². The molecular formula is C25H22F3N7O4. The Bertz CT molecular complexity index is 1580. The number of carbonyl (C=O) groups excluding carboxylic acids is 2. The number of halogens is 3. The van der Waals surface area contributed by atoms with Crippen LogP contribution in [0.4, 0.5) is 24.7 Å². The van der Waals surface area contributed by atoms with Crippen LogP contribution in [0.15, 0.2) is 55.4 Å². The van der Waals surface area contributed by atoms with Crippen molar-refractivity contribution in [3.05, 3.63) is 60.9 Å². The molecule has 0 atom stereocenters. The first-order chi connectivity index (χ1) is 18.6. The molecule has 4 rings (SSSR count). The molecule has 0 aliphatic rings. The minimum atomic E-state index is -4.57. The normalized spacial score (nSPS) is 11.2. The molecule has 11 nitrogen and oxygen atoms in total. The number of alkyl halides is 3. The number of benzene rings is 2. The number of hydrogen-bond donors (Lipinski definition) is 3. The first-order valence-corrected chi connectivity index (χ1v) is 11.2. The summed E-state index contributed by atoms with van der Waals surface area (Å²) >= 11 is 0. The molecule has 0 radical (unpaired) electrons. The summed E-state index contributed by atoms with van der Waals surface area (Å²) in [5, 5.41) is 13.2. The standard InChI is InChI=1S/C25H22F3N7O4/c1-4-19(36)33-14-6-8-15(18(10-14)39-3)21-20(22-23(29)31-12-32-35(22)34-21)13-5-7-16(17(9-13)38-2)24(37)30-11-25(26,27)28/h4-10,12H,1,11H2,2-3H3,(H,30,37)(H,33,36)(H2,29,31,32). The molecule has 39 heavy (non-hydrogen) atoms. The smallest absolute Gasteiger partial charge is 0.405 e. The van der Waals surface area contributed by atoms with Crippen LogP contribution >= 0.6 is 0 Å². The Morgan fingerprint density at radius 2 is 1.87 bits per heavy atom. The van der Waals surface area contributed by atoms with E-state index in [0.717, 1.165) is 6.08 Å². The molecule has 0 bridgehead atoms. The van der Waals surface area contributed by atoms with Crippen molar-refractivity contribution >= 4 is 28.8 Å². The molecule has 0 saturated heterocycles. The molecule has 0 unspecified atom stereocenters. The zero-order valence-electron chi connectivity index (χ0n) is 20.7. The van der Waals surface area contributed by atoms with Crippen LogP contribution in [0.2, 0.25) is 0 Å². The summed E-state index contributed by atoms with van der Waals surface area (Å²) in [4.78, 5) is 28.2. The van der Waals surface area contributed by atoms with Gasteiger partial charge >= 0.3 is 6.18 Å². The van der Waals surface area contributed by atoms with Gasteiger partial charge in [0.2, 0.25) is 5.91 Å². The number of nitrogens with zero attached hydrogens (tertiary/aromatic N) is 4. The Hall–Kier alpha value is -5.14. The highest BCUT2D eigenvalue weighted by atomic mass is 19.4. The molecule has 14 heteroatoms. The van der Waals surface area contributed by atoms with E-state index < -0.39 is 24.5 Å². The summed E-state index contributed by atoms with van der Waals surface area (Å²) in [6.07, 6.45) is -2.22. The first kappa shape index (κ1) is 26.9. The molecule has 0 aliphatic carbocycles. The maximum Gasteiger partial charge on any atom is 0.405 e. The van der Waals surface area contributed by atoms with Crippen LogP contribution < -0.4 is 25.8 Å². The van der Waals surface area contributed by atoms with Gasteiger partial charge in [-0.2, -0.15) is 13.2 Å². The molecule has 0 saturated carbocycles. The number of amides is 2. The van der Waals surface area contributed by atoms with Gasteiger partial charge in [-0.25, -0.2) is 4.98 Å². The predicted octanol–water partition coefficient (Wildman–Crippen LogP) is 3.47. The van der Waals surface area contributed by atoms with Crippen molar-refractivity contribution in [1.29, 1.82) is 0 Å². The summed E-state index contributed by atoms with van der Waals surface area (Å²) in [6.45, 7) is 1.93. The topological polar surface area (TPSA) is 146 Å². The summed E-state index contributed by atoms with van der Waals surface area (Å²) in [5.74, 6) is -0.908. The van der Waals surface area contributed by atoms with E-state index in [1.165, 1.54) is 43.4 Å². The first-order valence-electron chi connectivity index (χ1n) is 11.2. The lowest BCUT2D eigenvalue weighted by Crippen LogP contribution is -2.33. The number of fused-ring (bicyclic) bond motifs is 1. The Kier molecular flexibility index (Phi) is 7.38. The van der Waals surface area contributed by atoms with E-state index in [0.29, 0.717) is 39.3 Å². The van der Waals surface area contributed by atoms with Gasteiger partial charge in [-0.05, 0) is 35.9 Å². The van der Waals surface area contributed by atoms with E-state index in [1.807, 2.05) is 5.32 Å². The van der Waals surface area contributed by atoms with E-state index in [4.69, 9.17) is 15.2 Å². The second-order valence-corrected chi connectivity index (χ2v) is 8.03. The minimum Gasteiger partial charge on any atom is -0.496 e. The van der Waals surface area contributed by atoms with E-state index in [1.54, 1.807) is 18.2 Å². The van der Waals surface area contributed by atoms with Crippen LogP contribution in [0.5, 0.6) is 11.5 Å². The number of nitrogens with two attached hydrogens (primary N) is 1. The van der Waals surface area contributed by atoms with E-state index >= 15 is 0 Å². The number of nitrogens with one attached hydrogen (secondary N) is 2. The lowest BCUT2D eigenvalue weighted by molar-refractivity contribution is -0.123. The summed E-state index contributed by atoms with van der Waals surface area (Å²) in [5.41, 5.74) is 8.60. The maximum atomic E-state index is 12.6. The Morgan fingerprint density at radius 1 is 1.13 bits per heavy atom. The molecule has 0 spiro atoms. The molecule has 0 aliphatic heterocycles. The van der Waals surface area contributed by atoms with Crippen LogP contribution in [0, 0.1) is 0 Å². The minimum absolute atomic E-state index is 0.0161. The van der Waals surface area contributed by atoms with Crippen molar-refractivity contribution in [2.75, 3.05) is 31.8 Å². The largest absolute Gasteiger partial charge is 0.496 e. The average Bonchev–Trinajstić information content (AvgIpc) is 3.31. The molecular weight excluding hydrogens is 519 g/mol. The average molecular weight is 541 g/mol. The number of hydrogen-bond acceptors (Lipinski definition) is 8. The van der Waals surface area contributed by atoms with Crippen molar-refractivity contribution in [2.24, 2.45) is 0 Å². The molecule has 2 aromatic carbocycles. The van der Waals surface area contributed by atoms with Gasteiger partial charge < -0.3 is 25.8 Å². The number of ether oxygens (including phenoxy) is 2. The van der Waals surface area contributed by atoms with Crippen molar-refractivity contribution in [2.45, 2.75) is 6.18 Å². The van der Waals surface area contributed by atoms with Gasteiger partial charge in [-0.3, -0.25) is 9.59 Å². The Labute approximate surface area is 219 Å². The lowest BCUT2D eigenvalue weighted by atomic mass is 9.97. The number of anilines is 2. The number of aromatic nitrogens is 4. The molecule has 2 amide bonds. The second kappa shape index (κ2) is 10.7. The van der Waals surface area contributed by atoms with E-state index in [2.05, 4.69) is 27.1 Å². The summed E-state index contributed by atoms with van der Waals surface area (Å²) in [7, 11) is 2.73. The Morgan fingerprint density at radius 3 is 2.54 bits per heavy atom. The second-order valence-electron chi connectivity index (χ2n) is 8.03. The van der Waals surface area contributed by atoms with Gasteiger partial charge in [-0.1, -0.05) is 12.6 Å².